The maximum Gasteiger partial charge on any atom is 0.123 e. The van der Waals surface area contributed by atoms with E-state index in [2.05, 4.69) is 5.10 Å². The fourth-order valence-electron chi connectivity index (χ4n) is 1.97. The van der Waals surface area contributed by atoms with Gasteiger partial charge < -0.3 is 5.11 Å². The van der Waals surface area contributed by atoms with Crippen LogP contribution >= 0.6 is 0 Å². The van der Waals surface area contributed by atoms with Crippen molar-refractivity contribution in [2.45, 2.75) is 6.61 Å². The van der Waals surface area contributed by atoms with Crippen LogP contribution in [0.4, 0.5) is 4.39 Å². The number of rotatable bonds is 2. The molecule has 3 aromatic rings. The molecule has 0 spiro atoms. The highest BCUT2D eigenvalue weighted by Gasteiger charge is 2.05. The quantitative estimate of drug-likeness (QED) is 0.750. The third-order valence-electron chi connectivity index (χ3n) is 2.89. The van der Waals surface area contributed by atoms with Crippen molar-refractivity contribution < 1.29 is 9.50 Å². The molecule has 3 rings (SSSR count). The minimum atomic E-state index is -0.266. The maximum atomic E-state index is 12.9. The van der Waals surface area contributed by atoms with Crippen LogP contribution in [0.15, 0.2) is 48.7 Å². The Morgan fingerprint density at radius 3 is 2.61 bits per heavy atom. The van der Waals surface area contributed by atoms with E-state index in [0.717, 1.165) is 22.2 Å². The van der Waals surface area contributed by atoms with Gasteiger partial charge in [0.1, 0.15) is 5.82 Å². The number of hydrogen-bond donors (Lipinski definition) is 1. The van der Waals surface area contributed by atoms with Gasteiger partial charge in [0.05, 0.1) is 24.0 Å². The van der Waals surface area contributed by atoms with Crippen molar-refractivity contribution in [3.8, 4) is 5.69 Å². The number of aliphatic hydroxyl groups excluding tert-OH is 1. The van der Waals surface area contributed by atoms with Gasteiger partial charge in [-0.3, -0.25) is 0 Å². The van der Waals surface area contributed by atoms with E-state index in [-0.39, 0.29) is 12.4 Å². The van der Waals surface area contributed by atoms with Crippen LogP contribution in [0.5, 0.6) is 0 Å². The van der Waals surface area contributed by atoms with Gasteiger partial charge in [0, 0.05) is 5.39 Å². The molecule has 0 aliphatic carbocycles. The third-order valence-corrected chi connectivity index (χ3v) is 2.89. The average Bonchev–Trinajstić information content (AvgIpc) is 2.82. The smallest absolute Gasteiger partial charge is 0.123 e. The Hall–Kier alpha value is -2.20. The summed E-state index contributed by atoms with van der Waals surface area (Å²) in [6.07, 6.45) is 1.73. The van der Waals surface area contributed by atoms with Gasteiger partial charge in [-0.15, -0.1) is 0 Å². The first-order valence-corrected chi connectivity index (χ1v) is 5.61. The Morgan fingerprint density at radius 1 is 1.11 bits per heavy atom. The van der Waals surface area contributed by atoms with Crippen LogP contribution in [-0.4, -0.2) is 14.9 Å². The second kappa shape index (κ2) is 4.23. The number of halogens is 1. The number of aromatic nitrogens is 2. The van der Waals surface area contributed by atoms with Gasteiger partial charge in [0.15, 0.2) is 0 Å². The third kappa shape index (κ3) is 1.76. The first-order chi connectivity index (χ1) is 8.78. The predicted molar refractivity (Wildman–Crippen MR) is 67.0 cm³/mol. The molecular formula is C14H11FN2O. The van der Waals surface area contributed by atoms with Crippen molar-refractivity contribution in [2.24, 2.45) is 0 Å². The number of nitrogens with zero attached hydrogens (tertiary/aromatic N) is 2. The van der Waals surface area contributed by atoms with E-state index in [1.807, 2.05) is 18.2 Å². The molecular weight excluding hydrogens is 231 g/mol. The van der Waals surface area contributed by atoms with E-state index in [1.54, 1.807) is 23.0 Å². The Balaban J connectivity index is 2.15. The Morgan fingerprint density at radius 2 is 1.89 bits per heavy atom. The zero-order chi connectivity index (χ0) is 12.5. The van der Waals surface area contributed by atoms with Crippen LogP contribution in [0.25, 0.3) is 16.6 Å². The first kappa shape index (κ1) is 10.9. The SMILES string of the molecule is OCc1ccc2c(cnn2-c2ccc(F)cc2)c1. The van der Waals surface area contributed by atoms with Crippen molar-refractivity contribution in [1.29, 1.82) is 0 Å². The molecule has 0 unspecified atom stereocenters. The lowest BCUT2D eigenvalue weighted by Crippen LogP contribution is -1.95. The predicted octanol–water partition coefficient (Wildman–Crippen LogP) is 2.66. The number of benzene rings is 2. The molecule has 1 heterocycles. The molecule has 0 amide bonds. The molecule has 4 heteroatoms. The minimum Gasteiger partial charge on any atom is -0.392 e. The first-order valence-electron chi connectivity index (χ1n) is 5.61. The zero-order valence-corrected chi connectivity index (χ0v) is 9.55. The van der Waals surface area contributed by atoms with Crippen molar-refractivity contribution in [3.63, 3.8) is 0 Å². The van der Waals surface area contributed by atoms with E-state index in [1.165, 1.54) is 12.1 Å². The molecule has 0 aliphatic heterocycles. The Labute approximate surface area is 103 Å². The summed E-state index contributed by atoms with van der Waals surface area (Å²) in [5.74, 6) is -0.266. The highest BCUT2D eigenvalue weighted by molar-refractivity contribution is 5.80. The molecule has 0 radical (unpaired) electrons. The summed E-state index contributed by atoms with van der Waals surface area (Å²) >= 11 is 0. The zero-order valence-electron chi connectivity index (χ0n) is 9.55. The van der Waals surface area contributed by atoms with E-state index in [0.29, 0.717) is 0 Å². The second-order valence-corrected chi connectivity index (χ2v) is 4.08. The topological polar surface area (TPSA) is 38.1 Å². The molecule has 1 aromatic heterocycles. The average molecular weight is 242 g/mol. The molecule has 1 N–H and O–H groups in total. The van der Waals surface area contributed by atoms with Crippen LogP contribution in [-0.2, 0) is 6.61 Å². The Bertz CT molecular complexity index is 689. The van der Waals surface area contributed by atoms with E-state index >= 15 is 0 Å². The summed E-state index contributed by atoms with van der Waals surface area (Å²) in [5.41, 5.74) is 2.59. The summed E-state index contributed by atoms with van der Waals surface area (Å²) in [6, 6.07) is 11.8. The van der Waals surface area contributed by atoms with Crippen molar-refractivity contribution in [2.75, 3.05) is 0 Å². The standard InChI is InChI=1S/C14H11FN2O/c15-12-2-4-13(5-3-12)17-14-6-1-10(9-18)7-11(14)8-16-17/h1-8,18H,9H2. The van der Waals surface area contributed by atoms with Crippen molar-refractivity contribution in [3.05, 3.63) is 60.0 Å². The molecule has 0 saturated carbocycles. The fourth-order valence-corrected chi connectivity index (χ4v) is 1.97. The summed E-state index contributed by atoms with van der Waals surface area (Å²) < 4.78 is 14.6. The molecule has 0 saturated heterocycles. The van der Waals surface area contributed by atoms with Gasteiger partial charge in [-0.1, -0.05) is 6.07 Å². The van der Waals surface area contributed by atoms with Gasteiger partial charge in [-0.05, 0) is 42.0 Å². The van der Waals surface area contributed by atoms with Gasteiger partial charge >= 0.3 is 0 Å². The molecule has 0 aliphatic rings. The minimum absolute atomic E-state index is 0.0116. The van der Waals surface area contributed by atoms with Crippen LogP contribution in [0.3, 0.4) is 0 Å². The molecule has 2 aromatic carbocycles. The lowest BCUT2D eigenvalue weighted by molar-refractivity contribution is 0.282. The van der Waals surface area contributed by atoms with Gasteiger partial charge in [-0.25, -0.2) is 9.07 Å². The summed E-state index contributed by atoms with van der Waals surface area (Å²) in [5, 5.41) is 14.3. The highest BCUT2D eigenvalue weighted by atomic mass is 19.1. The van der Waals surface area contributed by atoms with Crippen LogP contribution < -0.4 is 0 Å². The van der Waals surface area contributed by atoms with Gasteiger partial charge in [0.25, 0.3) is 0 Å². The van der Waals surface area contributed by atoms with Crippen LogP contribution in [0.1, 0.15) is 5.56 Å². The summed E-state index contributed by atoms with van der Waals surface area (Å²) in [6.45, 7) is 0.0116. The molecule has 0 atom stereocenters. The number of hydrogen-bond acceptors (Lipinski definition) is 2. The highest BCUT2D eigenvalue weighted by Crippen LogP contribution is 2.19. The van der Waals surface area contributed by atoms with Crippen molar-refractivity contribution in [1.82, 2.24) is 9.78 Å². The monoisotopic (exact) mass is 242 g/mol. The molecule has 18 heavy (non-hydrogen) atoms. The Kier molecular flexibility index (Phi) is 2.57. The van der Waals surface area contributed by atoms with E-state index in [4.69, 9.17) is 5.11 Å². The van der Waals surface area contributed by atoms with Crippen molar-refractivity contribution >= 4 is 10.9 Å². The van der Waals surface area contributed by atoms with E-state index in [9.17, 15) is 4.39 Å². The largest absolute Gasteiger partial charge is 0.392 e. The summed E-state index contributed by atoms with van der Waals surface area (Å²) in [4.78, 5) is 0. The van der Waals surface area contributed by atoms with Crippen LogP contribution in [0, 0.1) is 5.82 Å². The second-order valence-electron chi connectivity index (χ2n) is 4.08. The molecule has 90 valence electrons. The lowest BCUT2D eigenvalue weighted by atomic mass is 10.2. The van der Waals surface area contributed by atoms with Crippen LogP contribution in [0.2, 0.25) is 0 Å². The lowest BCUT2D eigenvalue weighted by Gasteiger charge is -2.03. The maximum absolute atomic E-state index is 12.9. The molecule has 3 nitrogen and oxygen atoms in total. The van der Waals surface area contributed by atoms with Gasteiger partial charge in [0.2, 0.25) is 0 Å². The number of fused-ring (bicyclic) bond motifs is 1. The normalized spacial score (nSPS) is 11.0. The van der Waals surface area contributed by atoms with E-state index < -0.39 is 0 Å². The molecule has 0 bridgehead atoms. The van der Waals surface area contributed by atoms with Gasteiger partial charge in [-0.2, -0.15) is 5.10 Å². The fraction of sp³-hybridized carbons (Fsp3) is 0.0714. The molecule has 0 fully saturated rings. The number of aliphatic hydroxyl groups is 1. The summed E-state index contributed by atoms with van der Waals surface area (Å²) in [7, 11) is 0.